The van der Waals surface area contributed by atoms with E-state index in [9.17, 15) is 10.1 Å². The lowest BCUT2D eigenvalue weighted by atomic mass is 9.83. The topological polar surface area (TPSA) is 104 Å². The summed E-state index contributed by atoms with van der Waals surface area (Å²) in [4.78, 5) is 13.0. The molecule has 7 heteroatoms. The molecule has 0 saturated heterocycles. The molecule has 4 aromatic rings. The highest BCUT2D eigenvalue weighted by molar-refractivity contribution is 6.05. The highest BCUT2D eigenvalue weighted by Gasteiger charge is 2.32. The Balaban J connectivity index is 1.51. The number of fused-ring (bicyclic) bond motifs is 2. The van der Waals surface area contributed by atoms with Gasteiger partial charge in [0.1, 0.15) is 23.1 Å². The number of hydrogen-bond donors (Lipinski definition) is 1. The first-order valence-electron chi connectivity index (χ1n) is 11.2. The van der Waals surface area contributed by atoms with E-state index in [2.05, 4.69) is 6.07 Å². The van der Waals surface area contributed by atoms with Gasteiger partial charge in [-0.1, -0.05) is 48.5 Å². The molecule has 0 aromatic heterocycles. The van der Waals surface area contributed by atoms with Crippen LogP contribution in [0.5, 0.6) is 23.0 Å². The zero-order chi connectivity index (χ0) is 25.2. The number of esters is 1. The molecule has 0 saturated carbocycles. The van der Waals surface area contributed by atoms with E-state index in [1.54, 1.807) is 50.6 Å². The zero-order valence-corrected chi connectivity index (χ0v) is 19.6. The van der Waals surface area contributed by atoms with E-state index >= 15 is 0 Å². The number of nitrogens with zero attached hydrogens (tertiary/aromatic N) is 1. The Morgan fingerprint density at radius 3 is 2.50 bits per heavy atom. The Morgan fingerprint density at radius 1 is 0.944 bits per heavy atom. The van der Waals surface area contributed by atoms with E-state index in [0.717, 1.165) is 16.3 Å². The first-order valence-corrected chi connectivity index (χ1v) is 11.2. The van der Waals surface area contributed by atoms with Crippen molar-refractivity contribution in [3.63, 3.8) is 0 Å². The van der Waals surface area contributed by atoms with Crippen molar-refractivity contribution in [3.05, 3.63) is 107 Å². The number of nitrogens with two attached hydrogens (primary N) is 1. The Kier molecular flexibility index (Phi) is 5.93. The molecule has 2 N–H and O–H groups in total. The van der Waals surface area contributed by atoms with Crippen molar-refractivity contribution in [2.45, 2.75) is 5.92 Å². The van der Waals surface area contributed by atoms with Crippen LogP contribution >= 0.6 is 0 Å². The van der Waals surface area contributed by atoms with Crippen LogP contribution in [0, 0.1) is 11.3 Å². The summed E-state index contributed by atoms with van der Waals surface area (Å²) in [7, 11) is 3.10. The lowest BCUT2D eigenvalue weighted by Crippen LogP contribution is -2.21. The van der Waals surface area contributed by atoms with Gasteiger partial charge in [0.2, 0.25) is 5.88 Å². The van der Waals surface area contributed by atoms with Gasteiger partial charge in [-0.2, -0.15) is 5.26 Å². The van der Waals surface area contributed by atoms with Crippen molar-refractivity contribution in [1.82, 2.24) is 0 Å². The Hall–Kier alpha value is -4.96. The quantitative estimate of drug-likeness (QED) is 0.307. The number of hydrogen-bond acceptors (Lipinski definition) is 7. The molecule has 7 nitrogen and oxygen atoms in total. The van der Waals surface area contributed by atoms with Crippen LogP contribution in [0.1, 0.15) is 27.4 Å². The largest absolute Gasteiger partial charge is 0.493 e. The minimum absolute atomic E-state index is 0.0117. The highest BCUT2D eigenvalue weighted by atomic mass is 16.5. The van der Waals surface area contributed by atoms with Crippen LogP contribution in [0.15, 0.2) is 90.3 Å². The summed E-state index contributed by atoms with van der Waals surface area (Å²) in [6, 6.07) is 25.7. The molecule has 1 unspecified atom stereocenters. The molecule has 4 aromatic carbocycles. The Morgan fingerprint density at radius 2 is 1.72 bits per heavy atom. The molecule has 0 aliphatic carbocycles. The molecular formula is C29H22N2O5. The summed E-state index contributed by atoms with van der Waals surface area (Å²) in [5, 5.41) is 11.6. The number of nitriles is 1. The molecule has 36 heavy (non-hydrogen) atoms. The van der Waals surface area contributed by atoms with Gasteiger partial charge in [-0.25, -0.2) is 4.79 Å². The molecule has 1 heterocycles. The third-order valence-corrected chi connectivity index (χ3v) is 6.15. The molecule has 0 amide bonds. The molecule has 5 rings (SSSR count). The van der Waals surface area contributed by atoms with Gasteiger partial charge in [-0.05, 0) is 40.6 Å². The second-order valence-electron chi connectivity index (χ2n) is 8.16. The maximum atomic E-state index is 13.0. The second kappa shape index (κ2) is 9.35. The van der Waals surface area contributed by atoms with Crippen LogP contribution in [0.25, 0.3) is 10.8 Å². The van der Waals surface area contributed by atoms with Crippen LogP contribution < -0.4 is 24.7 Å². The summed E-state index contributed by atoms with van der Waals surface area (Å²) < 4.78 is 22.2. The molecule has 0 radical (unpaired) electrons. The van der Waals surface area contributed by atoms with E-state index in [1.807, 2.05) is 42.5 Å². The third-order valence-electron chi connectivity index (χ3n) is 6.15. The summed E-state index contributed by atoms with van der Waals surface area (Å²) >= 11 is 0. The number of allylic oxidation sites excluding steroid dienone is 1. The van der Waals surface area contributed by atoms with Gasteiger partial charge in [-0.3, -0.25) is 0 Å². The van der Waals surface area contributed by atoms with Crippen LogP contribution in [0.4, 0.5) is 0 Å². The van der Waals surface area contributed by atoms with E-state index < -0.39 is 11.9 Å². The second-order valence-corrected chi connectivity index (χ2v) is 8.16. The van der Waals surface area contributed by atoms with Crippen molar-refractivity contribution in [1.29, 1.82) is 5.26 Å². The van der Waals surface area contributed by atoms with Crippen LogP contribution in [0.2, 0.25) is 0 Å². The Bertz CT molecular complexity index is 1560. The lowest BCUT2D eigenvalue weighted by molar-refractivity contribution is 0.0736. The molecule has 0 fully saturated rings. The first-order chi connectivity index (χ1) is 17.5. The summed E-state index contributed by atoms with van der Waals surface area (Å²) in [5.41, 5.74) is 8.35. The molecule has 0 spiro atoms. The van der Waals surface area contributed by atoms with Crippen LogP contribution in [-0.4, -0.2) is 20.2 Å². The van der Waals surface area contributed by atoms with Crippen molar-refractivity contribution >= 4 is 16.7 Å². The average molecular weight is 479 g/mol. The summed E-state index contributed by atoms with van der Waals surface area (Å²) in [5.74, 6) is 0.795. The zero-order valence-electron chi connectivity index (χ0n) is 19.6. The average Bonchev–Trinajstić information content (AvgIpc) is 2.91. The van der Waals surface area contributed by atoms with Crippen LogP contribution in [-0.2, 0) is 0 Å². The van der Waals surface area contributed by atoms with Gasteiger partial charge < -0.3 is 24.7 Å². The van der Waals surface area contributed by atoms with Crippen molar-refractivity contribution < 1.29 is 23.7 Å². The first kappa shape index (κ1) is 22.8. The maximum absolute atomic E-state index is 13.0. The van der Waals surface area contributed by atoms with Gasteiger partial charge in [-0.15, -0.1) is 0 Å². The summed E-state index contributed by atoms with van der Waals surface area (Å²) in [6.45, 7) is 0. The smallest absolute Gasteiger partial charge is 0.344 e. The number of carbonyl (C=O) groups is 1. The maximum Gasteiger partial charge on any atom is 0.344 e. The molecule has 178 valence electrons. The molecule has 1 aliphatic rings. The molecule has 0 bridgehead atoms. The number of carbonyl (C=O) groups excluding carboxylic acids is 1. The standard InChI is InChI=1S/C29H22N2O5/c1-33-24-13-10-18(14-26(24)34-2)27-22-12-11-19(15-25(22)36-28(31)23(27)16-30)35-29(32)21-9-5-7-17-6-3-4-8-20(17)21/h3-15,27H,31H2,1-2H3. The minimum Gasteiger partial charge on any atom is -0.493 e. The van der Waals surface area contributed by atoms with Gasteiger partial charge in [0, 0.05) is 11.6 Å². The van der Waals surface area contributed by atoms with Gasteiger partial charge in [0.05, 0.1) is 25.7 Å². The number of benzene rings is 4. The normalized spacial score (nSPS) is 14.4. The van der Waals surface area contributed by atoms with E-state index in [-0.39, 0.29) is 11.5 Å². The molecular weight excluding hydrogens is 456 g/mol. The number of ether oxygens (including phenoxy) is 4. The molecule has 1 atom stereocenters. The predicted molar refractivity (Wildman–Crippen MR) is 134 cm³/mol. The van der Waals surface area contributed by atoms with Crippen LogP contribution in [0.3, 0.4) is 0 Å². The fraction of sp³-hybridized carbons (Fsp3) is 0.103. The fourth-order valence-corrected chi connectivity index (χ4v) is 4.44. The number of rotatable bonds is 5. The Labute approximate surface area is 207 Å². The van der Waals surface area contributed by atoms with Crippen molar-refractivity contribution in [3.8, 4) is 29.1 Å². The lowest BCUT2D eigenvalue weighted by Gasteiger charge is -2.27. The van der Waals surface area contributed by atoms with Gasteiger partial charge in [0.15, 0.2) is 11.5 Å². The van der Waals surface area contributed by atoms with Crippen molar-refractivity contribution in [2.24, 2.45) is 5.73 Å². The molecule has 1 aliphatic heterocycles. The van der Waals surface area contributed by atoms with Crippen molar-refractivity contribution in [2.75, 3.05) is 14.2 Å². The van der Waals surface area contributed by atoms with Gasteiger partial charge >= 0.3 is 5.97 Å². The number of methoxy groups -OCH3 is 2. The van der Waals surface area contributed by atoms with E-state index in [1.165, 1.54) is 0 Å². The van der Waals surface area contributed by atoms with Gasteiger partial charge in [0.25, 0.3) is 0 Å². The predicted octanol–water partition coefficient (Wildman–Crippen LogP) is 5.29. The fourth-order valence-electron chi connectivity index (χ4n) is 4.44. The highest BCUT2D eigenvalue weighted by Crippen LogP contribution is 2.45. The minimum atomic E-state index is -0.499. The summed E-state index contributed by atoms with van der Waals surface area (Å²) in [6.07, 6.45) is 0. The monoisotopic (exact) mass is 478 g/mol. The SMILES string of the molecule is COc1ccc(C2C(C#N)=C(N)Oc3cc(OC(=O)c4cccc5ccccc45)ccc32)cc1OC. The van der Waals surface area contributed by atoms with E-state index in [0.29, 0.717) is 34.1 Å². The third kappa shape index (κ3) is 3.95. The van der Waals surface area contributed by atoms with E-state index in [4.69, 9.17) is 24.7 Å².